The normalized spacial score (nSPS) is 18.8. The molecular formula is C17H25BO5. The summed E-state index contributed by atoms with van der Waals surface area (Å²) in [6, 6.07) is 5.19. The van der Waals surface area contributed by atoms with E-state index in [1.165, 1.54) is 7.11 Å². The summed E-state index contributed by atoms with van der Waals surface area (Å²) in [5.41, 5.74) is 0.366. The third-order valence-electron chi connectivity index (χ3n) is 4.40. The fourth-order valence-corrected chi connectivity index (χ4v) is 2.28. The molecule has 126 valence electrons. The Kier molecular flexibility index (Phi) is 5.06. The summed E-state index contributed by atoms with van der Waals surface area (Å²) in [6.07, 6.45) is 0.866. The number of carbonyl (C=O) groups is 1. The second-order valence-corrected chi connectivity index (χ2v) is 6.68. The predicted molar refractivity (Wildman–Crippen MR) is 89.3 cm³/mol. The van der Waals surface area contributed by atoms with Crippen molar-refractivity contribution in [2.24, 2.45) is 0 Å². The molecule has 0 aliphatic carbocycles. The first-order chi connectivity index (χ1) is 10.7. The quantitative estimate of drug-likeness (QED) is 0.616. The van der Waals surface area contributed by atoms with Crippen LogP contribution in [0.2, 0.25) is 0 Å². The molecule has 2 rings (SSSR count). The first kappa shape index (κ1) is 17.8. The Morgan fingerprint density at radius 2 is 1.78 bits per heavy atom. The third-order valence-corrected chi connectivity index (χ3v) is 4.40. The number of methoxy groups -OCH3 is 1. The number of ether oxygens (including phenoxy) is 2. The Balaban J connectivity index is 2.36. The number of benzene rings is 1. The largest absolute Gasteiger partial charge is 0.498 e. The molecule has 0 spiro atoms. The monoisotopic (exact) mass is 320 g/mol. The van der Waals surface area contributed by atoms with Crippen LogP contribution in [0.1, 0.15) is 51.4 Å². The summed E-state index contributed by atoms with van der Waals surface area (Å²) in [6.45, 7) is 10.6. The Hall–Kier alpha value is -1.53. The van der Waals surface area contributed by atoms with Crippen LogP contribution in [0, 0.1) is 0 Å². The van der Waals surface area contributed by atoms with E-state index in [2.05, 4.69) is 0 Å². The number of hydrogen-bond acceptors (Lipinski definition) is 5. The van der Waals surface area contributed by atoms with Crippen molar-refractivity contribution in [1.29, 1.82) is 0 Å². The summed E-state index contributed by atoms with van der Waals surface area (Å²) in [4.78, 5) is 11.7. The average Bonchev–Trinajstić information content (AvgIpc) is 2.72. The molecule has 1 heterocycles. The molecule has 0 atom stereocenters. The topological polar surface area (TPSA) is 54.0 Å². The first-order valence-corrected chi connectivity index (χ1v) is 7.92. The third kappa shape index (κ3) is 3.53. The van der Waals surface area contributed by atoms with Crippen molar-refractivity contribution in [2.45, 2.75) is 52.2 Å². The summed E-state index contributed by atoms with van der Waals surface area (Å²) in [7, 11) is 0.829. The fourth-order valence-electron chi connectivity index (χ4n) is 2.28. The van der Waals surface area contributed by atoms with Crippen molar-refractivity contribution in [2.75, 3.05) is 13.7 Å². The fraction of sp³-hybridized carbons (Fsp3) is 0.588. The molecule has 1 aliphatic heterocycles. The van der Waals surface area contributed by atoms with Crippen molar-refractivity contribution >= 4 is 18.6 Å². The standard InChI is InChI=1S/C17H25BO5/c1-7-10-21-14-11-12(15(19)20-6)8-9-13(14)18-22-16(2,3)17(4,5)23-18/h8-9,11H,7,10H2,1-6H3. The zero-order valence-electron chi connectivity index (χ0n) is 14.8. The summed E-state index contributed by atoms with van der Waals surface area (Å²) < 4.78 is 22.7. The highest BCUT2D eigenvalue weighted by atomic mass is 16.7. The Bertz CT molecular complexity index is 566. The minimum Gasteiger partial charge on any atom is -0.494 e. The summed E-state index contributed by atoms with van der Waals surface area (Å²) >= 11 is 0. The van der Waals surface area contributed by atoms with E-state index < -0.39 is 24.3 Å². The van der Waals surface area contributed by atoms with Gasteiger partial charge in [0.05, 0.1) is 30.5 Å². The van der Waals surface area contributed by atoms with Crippen LogP contribution in [0.4, 0.5) is 0 Å². The second-order valence-electron chi connectivity index (χ2n) is 6.68. The summed E-state index contributed by atoms with van der Waals surface area (Å²) in [5.74, 6) is 0.195. The van der Waals surface area contributed by atoms with E-state index in [0.29, 0.717) is 17.9 Å². The maximum atomic E-state index is 11.7. The van der Waals surface area contributed by atoms with Crippen LogP contribution in [0.5, 0.6) is 5.75 Å². The van der Waals surface area contributed by atoms with Crippen LogP contribution in [0.3, 0.4) is 0 Å². The van der Waals surface area contributed by atoms with Crippen LogP contribution >= 0.6 is 0 Å². The molecule has 0 saturated carbocycles. The Morgan fingerprint density at radius 1 is 1.17 bits per heavy atom. The maximum absolute atomic E-state index is 11.7. The Labute approximate surface area is 138 Å². The van der Waals surface area contributed by atoms with E-state index >= 15 is 0 Å². The van der Waals surface area contributed by atoms with Crippen LogP contribution < -0.4 is 10.2 Å². The van der Waals surface area contributed by atoms with Gasteiger partial charge < -0.3 is 18.8 Å². The lowest BCUT2D eigenvalue weighted by molar-refractivity contribution is 0.00578. The average molecular weight is 320 g/mol. The molecular weight excluding hydrogens is 295 g/mol. The van der Waals surface area contributed by atoms with Crippen molar-refractivity contribution in [3.8, 4) is 5.75 Å². The van der Waals surface area contributed by atoms with Crippen molar-refractivity contribution < 1.29 is 23.6 Å². The van der Waals surface area contributed by atoms with Crippen LogP contribution in [0.25, 0.3) is 0 Å². The highest BCUT2D eigenvalue weighted by Gasteiger charge is 2.52. The van der Waals surface area contributed by atoms with Gasteiger partial charge in [-0.15, -0.1) is 0 Å². The molecule has 1 aromatic carbocycles. The highest BCUT2D eigenvalue weighted by Crippen LogP contribution is 2.37. The van der Waals surface area contributed by atoms with Gasteiger partial charge in [0.15, 0.2) is 0 Å². The molecule has 0 unspecified atom stereocenters. The van der Waals surface area contributed by atoms with E-state index in [4.69, 9.17) is 18.8 Å². The van der Waals surface area contributed by atoms with Crippen LogP contribution in [0.15, 0.2) is 18.2 Å². The van der Waals surface area contributed by atoms with Crippen molar-refractivity contribution in [3.05, 3.63) is 23.8 Å². The van der Waals surface area contributed by atoms with Gasteiger partial charge in [-0.05, 0) is 46.2 Å². The molecule has 0 radical (unpaired) electrons. The minimum absolute atomic E-state index is 0.396. The van der Waals surface area contributed by atoms with E-state index in [-0.39, 0.29) is 0 Å². The van der Waals surface area contributed by atoms with Crippen LogP contribution in [-0.4, -0.2) is 38.0 Å². The molecule has 0 N–H and O–H groups in total. The molecule has 0 bridgehead atoms. The SMILES string of the molecule is CCCOc1cc(C(=O)OC)ccc1B1OC(C)(C)C(C)(C)O1. The van der Waals surface area contributed by atoms with Crippen LogP contribution in [-0.2, 0) is 14.0 Å². The zero-order chi connectivity index (χ0) is 17.3. The van der Waals surface area contributed by atoms with Gasteiger partial charge in [-0.25, -0.2) is 4.79 Å². The van der Waals surface area contributed by atoms with Gasteiger partial charge in [-0.3, -0.25) is 0 Å². The van der Waals surface area contributed by atoms with Crippen molar-refractivity contribution in [3.63, 3.8) is 0 Å². The van der Waals surface area contributed by atoms with Gasteiger partial charge in [0, 0.05) is 5.46 Å². The Morgan fingerprint density at radius 3 is 2.30 bits per heavy atom. The van der Waals surface area contributed by atoms with Crippen molar-refractivity contribution in [1.82, 2.24) is 0 Å². The number of hydrogen-bond donors (Lipinski definition) is 0. The van der Waals surface area contributed by atoms with Gasteiger partial charge in [0.25, 0.3) is 0 Å². The first-order valence-electron chi connectivity index (χ1n) is 7.92. The van der Waals surface area contributed by atoms with Gasteiger partial charge in [-0.2, -0.15) is 0 Å². The molecule has 5 nitrogen and oxygen atoms in total. The van der Waals surface area contributed by atoms with E-state index in [0.717, 1.165) is 11.9 Å². The lowest BCUT2D eigenvalue weighted by atomic mass is 9.78. The molecule has 1 aliphatic rings. The number of esters is 1. The smallest absolute Gasteiger partial charge is 0.494 e. The van der Waals surface area contributed by atoms with E-state index in [1.54, 1.807) is 18.2 Å². The molecule has 1 fully saturated rings. The maximum Gasteiger partial charge on any atom is 0.498 e. The minimum atomic E-state index is -0.529. The van der Waals surface area contributed by atoms with E-state index in [1.807, 2.05) is 34.6 Å². The summed E-state index contributed by atoms with van der Waals surface area (Å²) in [5, 5.41) is 0. The second kappa shape index (κ2) is 6.53. The van der Waals surface area contributed by atoms with Gasteiger partial charge in [-0.1, -0.05) is 13.0 Å². The number of carbonyl (C=O) groups excluding carboxylic acids is 1. The molecule has 0 amide bonds. The van der Waals surface area contributed by atoms with Gasteiger partial charge >= 0.3 is 13.1 Å². The lowest BCUT2D eigenvalue weighted by Crippen LogP contribution is -2.41. The van der Waals surface area contributed by atoms with E-state index in [9.17, 15) is 4.79 Å². The molecule has 1 saturated heterocycles. The number of rotatable bonds is 5. The predicted octanol–water partition coefficient (Wildman–Crippen LogP) is 2.56. The highest BCUT2D eigenvalue weighted by molar-refractivity contribution is 6.63. The lowest BCUT2D eigenvalue weighted by Gasteiger charge is -2.32. The molecule has 23 heavy (non-hydrogen) atoms. The molecule has 6 heteroatoms. The zero-order valence-corrected chi connectivity index (χ0v) is 14.8. The van der Waals surface area contributed by atoms with Gasteiger partial charge in [0.2, 0.25) is 0 Å². The molecule has 1 aromatic rings. The van der Waals surface area contributed by atoms with Gasteiger partial charge in [0.1, 0.15) is 5.75 Å². The molecule has 0 aromatic heterocycles.